The first-order valence-corrected chi connectivity index (χ1v) is 7.15. The van der Waals surface area contributed by atoms with Crippen LogP contribution in [-0.2, 0) is 4.79 Å². The van der Waals surface area contributed by atoms with E-state index in [2.05, 4.69) is 15.5 Å². The highest BCUT2D eigenvalue weighted by molar-refractivity contribution is 5.95. The molecule has 0 aromatic heterocycles. The highest BCUT2D eigenvalue weighted by Gasteiger charge is 2.39. The fourth-order valence-electron chi connectivity index (χ4n) is 3.31. The maximum absolute atomic E-state index is 11.7. The minimum Gasteiger partial charge on any atom is -0.338 e. The lowest BCUT2D eigenvalue weighted by atomic mass is 9.78. The van der Waals surface area contributed by atoms with Crippen LogP contribution in [0.15, 0.2) is 0 Å². The zero-order valence-corrected chi connectivity index (χ0v) is 11.5. The van der Waals surface area contributed by atoms with Crippen LogP contribution in [0.2, 0.25) is 0 Å². The summed E-state index contributed by atoms with van der Waals surface area (Å²) in [7, 11) is 0. The summed E-state index contributed by atoms with van der Waals surface area (Å²) in [6.45, 7) is 4.44. The molecule has 6 nitrogen and oxygen atoms in total. The van der Waals surface area contributed by atoms with Gasteiger partial charge in [-0.1, -0.05) is 6.42 Å². The molecule has 6 heteroatoms. The van der Waals surface area contributed by atoms with Gasteiger partial charge in [0.1, 0.15) is 0 Å². The number of amides is 3. The molecule has 2 rings (SSSR count). The summed E-state index contributed by atoms with van der Waals surface area (Å²) < 4.78 is 0. The number of carbonyl (C=O) groups excluding carboxylic acids is 2. The normalized spacial score (nSPS) is 30.7. The van der Waals surface area contributed by atoms with Crippen molar-refractivity contribution in [1.82, 2.24) is 15.5 Å². The Hall–Kier alpha value is -1.14. The Labute approximate surface area is 114 Å². The second-order valence-electron chi connectivity index (χ2n) is 5.62. The first-order valence-electron chi connectivity index (χ1n) is 7.15. The van der Waals surface area contributed by atoms with E-state index in [4.69, 9.17) is 5.73 Å². The van der Waals surface area contributed by atoms with Gasteiger partial charge in [-0.05, 0) is 31.6 Å². The third-order valence-corrected chi connectivity index (χ3v) is 4.19. The summed E-state index contributed by atoms with van der Waals surface area (Å²) in [5.74, 6) is 0.908. The number of fused-ring (bicyclic) bond motifs is 1. The number of nitrogens with zero attached hydrogens (tertiary/aromatic N) is 1. The van der Waals surface area contributed by atoms with E-state index in [1.54, 1.807) is 0 Å². The van der Waals surface area contributed by atoms with E-state index in [-0.39, 0.29) is 18.5 Å². The largest absolute Gasteiger partial charge is 0.338 e. The molecule has 19 heavy (non-hydrogen) atoms. The van der Waals surface area contributed by atoms with Gasteiger partial charge >= 0.3 is 6.03 Å². The second-order valence-corrected chi connectivity index (χ2v) is 5.62. The molecule has 0 spiro atoms. The van der Waals surface area contributed by atoms with E-state index in [0.29, 0.717) is 18.4 Å². The van der Waals surface area contributed by atoms with E-state index >= 15 is 0 Å². The van der Waals surface area contributed by atoms with Crippen molar-refractivity contribution in [2.75, 3.05) is 26.2 Å². The Kier molecular flexibility index (Phi) is 4.76. The molecule has 0 bridgehead atoms. The number of nitrogens with one attached hydrogen (secondary N) is 2. The van der Waals surface area contributed by atoms with Crippen LogP contribution < -0.4 is 16.4 Å². The first kappa shape index (κ1) is 14.3. The second kappa shape index (κ2) is 6.34. The van der Waals surface area contributed by atoms with E-state index in [1.165, 1.54) is 12.8 Å². The predicted octanol–water partition coefficient (Wildman–Crippen LogP) is -0.109. The number of urea groups is 1. The van der Waals surface area contributed by atoms with Gasteiger partial charge in [0, 0.05) is 25.7 Å². The van der Waals surface area contributed by atoms with Gasteiger partial charge in [0.25, 0.3) is 0 Å². The van der Waals surface area contributed by atoms with Crippen LogP contribution in [-0.4, -0.2) is 49.1 Å². The SMILES string of the molecule is CCNC(=O)NC(=O)CN1CC2CCCC(N)C2C1. The molecule has 3 atom stereocenters. The van der Waals surface area contributed by atoms with Crippen LogP contribution in [0, 0.1) is 11.8 Å². The number of likely N-dealkylation sites (tertiary alicyclic amines) is 1. The number of nitrogens with two attached hydrogens (primary N) is 1. The average Bonchev–Trinajstić information content (AvgIpc) is 2.72. The Bertz CT molecular complexity index is 348. The molecular weight excluding hydrogens is 244 g/mol. The molecular formula is C13H24N4O2. The summed E-state index contributed by atoms with van der Waals surface area (Å²) in [5, 5.41) is 4.89. The van der Waals surface area contributed by atoms with Crippen molar-refractivity contribution >= 4 is 11.9 Å². The van der Waals surface area contributed by atoms with Crippen LogP contribution in [0.5, 0.6) is 0 Å². The molecule has 1 saturated heterocycles. The van der Waals surface area contributed by atoms with Crippen LogP contribution >= 0.6 is 0 Å². The summed E-state index contributed by atoms with van der Waals surface area (Å²) >= 11 is 0. The Morgan fingerprint density at radius 3 is 2.79 bits per heavy atom. The molecule has 108 valence electrons. The Morgan fingerprint density at radius 1 is 1.32 bits per heavy atom. The van der Waals surface area contributed by atoms with Crippen molar-refractivity contribution in [2.24, 2.45) is 17.6 Å². The van der Waals surface area contributed by atoms with Crippen LogP contribution in [0.1, 0.15) is 26.2 Å². The highest BCUT2D eigenvalue weighted by Crippen LogP contribution is 2.35. The monoisotopic (exact) mass is 268 g/mol. The first-order chi connectivity index (χ1) is 9.10. The lowest BCUT2D eigenvalue weighted by molar-refractivity contribution is -0.121. The summed E-state index contributed by atoms with van der Waals surface area (Å²) in [6.07, 6.45) is 3.51. The zero-order valence-electron chi connectivity index (χ0n) is 11.5. The fraction of sp³-hybridized carbons (Fsp3) is 0.846. The van der Waals surface area contributed by atoms with Gasteiger partial charge < -0.3 is 11.1 Å². The van der Waals surface area contributed by atoms with Gasteiger partial charge in [-0.25, -0.2) is 4.79 Å². The number of hydrogen-bond acceptors (Lipinski definition) is 4. The summed E-state index contributed by atoms with van der Waals surface area (Å²) in [5.41, 5.74) is 6.14. The van der Waals surface area contributed by atoms with E-state index in [9.17, 15) is 9.59 Å². The molecule has 1 aliphatic heterocycles. The van der Waals surface area contributed by atoms with E-state index in [0.717, 1.165) is 19.5 Å². The molecule has 3 unspecified atom stereocenters. The van der Waals surface area contributed by atoms with Crippen molar-refractivity contribution in [1.29, 1.82) is 0 Å². The van der Waals surface area contributed by atoms with Gasteiger partial charge in [-0.2, -0.15) is 0 Å². The van der Waals surface area contributed by atoms with Crippen molar-refractivity contribution in [3.8, 4) is 0 Å². The third-order valence-electron chi connectivity index (χ3n) is 4.19. The molecule has 3 amide bonds. The van der Waals surface area contributed by atoms with Crippen molar-refractivity contribution < 1.29 is 9.59 Å². The Morgan fingerprint density at radius 2 is 2.11 bits per heavy atom. The lowest BCUT2D eigenvalue weighted by Gasteiger charge is -2.29. The van der Waals surface area contributed by atoms with Crippen molar-refractivity contribution in [3.63, 3.8) is 0 Å². The standard InChI is InChI=1S/C13H24N4O2/c1-2-15-13(19)16-12(18)8-17-6-9-4-3-5-11(14)10(9)7-17/h9-11H,2-8,14H2,1H3,(H2,15,16,18,19). The van der Waals surface area contributed by atoms with Crippen molar-refractivity contribution in [2.45, 2.75) is 32.2 Å². The maximum atomic E-state index is 11.7. The van der Waals surface area contributed by atoms with Crippen LogP contribution in [0.4, 0.5) is 4.79 Å². The molecule has 0 radical (unpaired) electrons. The zero-order chi connectivity index (χ0) is 13.8. The highest BCUT2D eigenvalue weighted by atomic mass is 16.2. The fourth-order valence-corrected chi connectivity index (χ4v) is 3.31. The maximum Gasteiger partial charge on any atom is 0.321 e. The minimum absolute atomic E-state index is 0.238. The molecule has 4 N–H and O–H groups in total. The van der Waals surface area contributed by atoms with Gasteiger partial charge in [-0.3, -0.25) is 15.0 Å². The van der Waals surface area contributed by atoms with Crippen LogP contribution in [0.25, 0.3) is 0 Å². The minimum atomic E-state index is -0.416. The number of imide groups is 1. The molecule has 1 heterocycles. The average molecular weight is 268 g/mol. The topological polar surface area (TPSA) is 87.5 Å². The summed E-state index contributed by atoms with van der Waals surface area (Å²) in [4.78, 5) is 25.1. The molecule has 2 fully saturated rings. The third kappa shape index (κ3) is 3.67. The number of carbonyl (C=O) groups is 2. The molecule has 0 aromatic rings. The molecule has 0 aromatic carbocycles. The summed E-state index contributed by atoms with van der Waals surface area (Å²) in [6, 6.07) is -0.143. The van der Waals surface area contributed by atoms with E-state index < -0.39 is 6.03 Å². The molecule has 1 saturated carbocycles. The quantitative estimate of drug-likeness (QED) is 0.666. The molecule has 1 aliphatic carbocycles. The van der Waals surface area contributed by atoms with Gasteiger partial charge in [0.2, 0.25) is 5.91 Å². The van der Waals surface area contributed by atoms with Gasteiger partial charge in [-0.15, -0.1) is 0 Å². The molecule has 2 aliphatic rings. The van der Waals surface area contributed by atoms with Crippen molar-refractivity contribution in [3.05, 3.63) is 0 Å². The van der Waals surface area contributed by atoms with Crippen LogP contribution in [0.3, 0.4) is 0 Å². The van der Waals surface area contributed by atoms with Gasteiger partial charge in [0.15, 0.2) is 0 Å². The van der Waals surface area contributed by atoms with Gasteiger partial charge in [0.05, 0.1) is 6.54 Å². The lowest BCUT2D eigenvalue weighted by Crippen LogP contribution is -2.44. The Balaban J connectivity index is 1.78. The number of rotatable bonds is 3. The number of hydrogen-bond donors (Lipinski definition) is 3. The predicted molar refractivity (Wildman–Crippen MR) is 72.5 cm³/mol. The van der Waals surface area contributed by atoms with E-state index in [1.807, 2.05) is 6.92 Å². The smallest absolute Gasteiger partial charge is 0.321 e.